The van der Waals surface area contributed by atoms with Crippen LogP contribution < -0.4 is 0 Å². The van der Waals surface area contributed by atoms with Crippen molar-refractivity contribution in [1.29, 1.82) is 0 Å². The molecule has 1 nitrogen and oxygen atoms in total. The Balaban J connectivity index is 2.13. The third-order valence-corrected chi connectivity index (χ3v) is 4.42. The van der Waals surface area contributed by atoms with E-state index in [1.807, 2.05) is 0 Å². The number of hydrogen-bond donors (Lipinski definition) is 0. The van der Waals surface area contributed by atoms with Crippen LogP contribution in [0, 0.1) is 18.3 Å². The summed E-state index contributed by atoms with van der Waals surface area (Å²) in [4.78, 5) is 4.73. The summed E-state index contributed by atoms with van der Waals surface area (Å²) in [7, 11) is 0. The van der Waals surface area contributed by atoms with E-state index in [0.29, 0.717) is 5.41 Å². The van der Waals surface area contributed by atoms with Gasteiger partial charge >= 0.3 is 0 Å². The molecule has 0 aromatic carbocycles. The van der Waals surface area contributed by atoms with Gasteiger partial charge in [-0.3, -0.25) is 4.98 Å². The van der Waals surface area contributed by atoms with E-state index < -0.39 is 0 Å². The number of nitrogens with zero attached hydrogens (tertiary/aromatic N) is 1. The lowest BCUT2D eigenvalue weighted by atomic mass is 9.48. The first kappa shape index (κ1) is 8.46. The molecule has 2 bridgehead atoms. The van der Waals surface area contributed by atoms with Gasteiger partial charge in [0.1, 0.15) is 0 Å². The minimum absolute atomic E-state index is 0.508. The maximum Gasteiger partial charge on any atom is 0.0475 e. The van der Waals surface area contributed by atoms with Gasteiger partial charge in [-0.25, -0.2) is 0 Å². The van der Waals surface area contributed by atoms with Crippen LogP contribution in [-0.2, 0) is 6.42 Å². The molecule has 1 heteroatoms. The van der Waals surface area contributed by atoms with Crippen LogP contribution >= 0.6 is 0 Å². The largest absolute Gasteiger partial charge is 0.258 e. The number of pyridine rings is 1. The van der Waals surface area contributed by atoms with E-state index in [4.69, 9.17) is 4.98 Å². The standard InChI is InChI=1S/C13H17N/c1-8-4-5-9-6-10-7-11(12(9)14-8)13(10,2)3/h4-5,10-11H,6-7H2,1-3H3/t10-,11-/m0/s1. The fourth-order valence-electron chi connectivity index (χ4n) is 3.17. The van der Waals surface area contributed by atoms with Gasteiger partial charge in [-0.15, -0.1) is 0 Å². The lowest BCUT2D eigenvalue weighted by Gasteiger charge is -2.56. The van der Waals surface area contributed by atoms with Crippen molar-refractivity contribution in [3.63, 3.8) is 0 Å². The molecule has 3 aliphatic rings. The molecule has 0 unspecified atom stereocenters. The average Bonchev–Trinajstić information content (AvgIpc) is 2.16. The first-order chi connectivity index (χ1) is 6.59. The van der Waals surface area contributed by atoms with Crippen LogP contribution in [0.3, 0.4) is 0 Å². The van der Waals surface area contributed by atoms with Gasteiger partial charge in [0.15, 0.2) is 0 Å². The van der Waals surface area contributed by atoms with Crippen molar-refractivity contribution in [3.05, 3.63) is 29.1 Å². The number of aromatic nitrogens is 1. The molecule has 0 N–H and O–H groups in total. The van der Waals surface area contributed by atoms with Crippen molar-refractivity contribution < 1.29 is 0 Å². The van der Waals surface area contributed by atoms with Crippen LogP contribution in [0.15, 0.2) is 12.1 Å². The molecule has 4 rings (SSSR count). The molecule has 74 valence electrons. The van der Waals surface area contributed by atoms with Gasteiger partial charge in [0.05, 0.1) is 0 Å². The fraction of sp³-hybridized carbons (Fsp3) is 0.615. The predicted octanol–water partition coefficient (Wildman–Crippen LogP) is 3.08. The highest BCUT2D eigenvalue weighted by molar-refractivity contribution is 5.35. The zero-order valence-corrected chi connectivity index (χ0v) is 9.17. The monoisotopic (exact) mass is 187 g/mol. The highest BCUT2D eigenvalue weighted by Gasteiger charge is 2.53. The van der Waals surface area contributed by atoms with Gasteiger partial charge in [-0.2, -0.15) is 0 Å². The second kappa shape index (κ2) is 2.39. The van der Waals surface area contributed by atoms with E-state index in [2.05, 4.69) is 32.9 Å². The minimum Gasteiger partial charge on any atom is -0.258 e. The van der Waals surface area contributed by atoms with E-state index >= 15 is 0 Å². The Bertz CT molecular complexity index is 392. The number of hydrogen-bond acceptors (Lipinski definition) is 1. The second-order valence-corrected chi connectivity index (χ2v) is 5.51. The van der Waals surface area contributed by atoms with Gasteiger partial charge in [0.25, 0.3) is 0 Å². The van der Waals surface area contributed by atoms with Gasteiger partial charge in [-0.1, -0.05) is 19.9 Å². The molecule has 2 atom stereocenters. The number of aryl methyl sites for hydroxylation is 1. The second-order valence-electron chi connectivity index (χ2n) is 5.51. The molecule has 3 aliphatic carbocycles. The zero-order valence-electron chi connectivity index (χ0n) is 9.17. The molecule has 1 fully saturated rings. The molecule has 1 saturated carbocycles. The van der Waals surface area contributed by atoms with Crippen molar-refractivity contribution in [2.45, 2.75) is 39.5 Å². The van der Waals surface area contributed by atoms with Crippen LogP contribution in [0.4, 0.5) is 0 Å². The van der Waals surface area contributed by atoms with E-state index in [-0.39, 0.29) is 0 Å². The Kier molecular flexibility index (Phi) is 1.44. The summed E-state index contributed by atoms with van der Waals surface area (Å²) < 4.78 is 0. The van der Waals surface area contributed by atoms with Crippen LogP contribution in [0.5, 0.6) is 0 Å². The smallest absolute Gasteiger partial charge is 0.0475 e. The summed E-state index contributed by atoms with van der Waals surface area (Å²) in [6.07, 6.45) is 2.63. The highest BCUT2D eigenvalue weighted by atomic mass is 14.8. The van der Waals surface area contributed by atoms with Gasteiger partial charge in [-0.05, 0) is 42.7 Å². The van der Waals surface area contributed by atoms with Gasteiger partial charge < -0.3 is 0 Å². The summed E-state index contributed by atoms with van der Waals surface area (Å²) in [5.74, 6) is 1.64. The van der Waals surface area contributed by atoms with Crippen molar-refractivity contribution >= 4 is 0 Å². The molecule has 1 aromatic heterocycles. The summed E-state index contributed by atoms with van der Waals surface area (Å²) in [5, 5.41) is 0. The molecule has 0 saturated heterocycles. The fourth-order valence-corrected chi connectivity index (χ4v) is 3.17. The minimum atomic E-state index is 0.508. The first-order valence-electron chi connectivity index (χ1n) is 5.55. The van der Waals surface area contributed by atoms with E-state index in [0.717, 1.165) is 11.8 Å². The van der Waals surface area contributed by atoms with Gasteiger partial charge in [0.2, 0.25) is 0 Å². The molecule has 0 aliphatic heterocycles. The van der Waals surface area contributed by atoms with E-state index in [1.165, 1.54) is 29.8 Å². The zero-order chi connectivity index (χ0) is 9.92. The van der Waals surface area contributed by atoms with Crippen molar-refractivity contribution in [2.24, 2.45) is 11.3 Å². The third-order valence-electron chi connectivity index (χ3n) is 4.42. The Hall–Kier alpha value is -0.850. The SMILES string of the molecule is Cc1ccc2c(n1)[C@@H]1C[C@H](C2)C1(C)C. The maximum absolute atomic E-state index is 4.73. The summed E-state index contributed by atoms with van der Waals surface area (Å²) in [5.41, 5.74) is 4.59. The first-order valence-corrected chi connectivity index (χ1v) is 5.55. The lowest BCUT2D eigenvalue weighted by molar-refractivity contribution is 0.0154. The molecule has 1 heterocycles. The van der Waals surface area contributed by atoms with Gasteiger partial charge in [0, 0.05) is 17.3 Å². The summed E-state index contributed by atoms with van der Waals surface area (Å²) in [6.45, 7) is 6.90. The molecule has 14 heavy (non-hydrogen) atoms. The Morgan fingerprint density at radius 3 is 2.86 bits per heavy atom. The number of rotatable bonds is 0. The van der Waals surface area contributed by atoms with Crippen LogP contribution in [0.1, 0.15) is 43.1 Å². The topological polar surface area (TPSA) is 12.9 Å². The predicted molar refractivity (Wildman–Crippen MR) is 57.3 cm³/mol. The third kappa shape index (κ3) is 0.879. The average molecular weight is 187 g/mol. The van der Waals surface area contributed by atoms with Crippen LogP contribution in [-0.4, -0.2) is 4.98 Å². The summed E-state index contributed by atoms with van der Waals surface area (Å²) >= 11 is 0. The Morgan fingerprint density at radius 1 is 1.36 bits per heavy atom. The van der Waals surface area contributed by atoms with Crippen LogP contribution in [0.2, 0.25) is 0 Å². The molecular weight excluding hydrogens is 170 g/mol. The molecule has 1 aromatic rings. The Labute approximate surface area is 85.6 Å². The quantitative estimate of drug-likeness (QED) is 0.608. The van der Waals surface area contributed by atoms with E-state index in [9.17, 15) is 0 Å². The molecule has 0 radical (unpaired) electrons. The highest BCUT2D eigenvalue weighted by Crippen LogP contribution is 2.61. The van der Waals surface area contributed by atoms with Crippen molar-refractivity contribution in [2.75, 3.05) is 0 Å². The van der Waals surface area contributed by atoms with Crippen LogP contribution in [0.25, 0.3) is 0 Å². The van der Waals surface area contributed by atoms with Crippen molar-refractivity contribution in [1.82, 2.24) is 4.98 Å². The normalized spacial score (nSPS) is 31.9. The molecule has 0 spiro atoms. The maximum atomic E-state index is 4.73. The van der Waals surface area contributed by atoms with Crippen molar-refractivity contribution in [3.8, 4) is 0 Å². The van der Waals surface area contributed by atoms with E-state index in [1.54, 1.807) is 0 Å². The Morgan fingerprint density at radius 2 is 2.14 bits per heavy atom. The molecule has 0 amide bonds. The lowest BCUT2D eigenvalue weighted by Crippen LogP contribution is -2.48. The molecular formula is C13H17N. The summed E-state index contributed by atoms with van der Waals surface area (Å²) in [6, 6.07) is 4.43.